The molecule has 1 N–H and O–H groups in total. The van der Waals surface area contributed by atoms with Gasteiger partial charge in [0.25, 0.3) is 10.0 Å². The van der Waals surface area contributed by atoms with Gasteiger partial charge in [-0.15, -0.1) is 11.3 Å². The van der Waals surface area contributed by atoms with Crippen molar-refractivity contribution in [3.63, 3.8) is 0 Å². The van der Waals surface area contributed by atoms with Gasteiger partial charge in [-0.1, -0.05) is 5.16 Å². The highest BCUT2D eigenvalue weighted by Gasteiger charge is 2.20. The molecule has 27 heavy (non-hydrogen) atoms. The van der Waals surface area contributed by atoms with E-state index in [0.29, 0.717) is 16.1 Å². The first-order valence-corrected chi connectivity index (χ1v) is 10.00. The van der Waals surface area contributed by atoms with Gasteiger partial charge in [0.15, 0.2) is 11.5 Å². The molecule has 3 rings (SSSR count). The molecule has 3 aromatic rings. The lowest BCUT2D eigenvalue weighted by Crippen LogP contribution is -2.11. The van der Waals surface area contributed by atoms with Crippen LogP contribution in [0.1, 0.15) is 23.0 Å². The molecule has 0 bridgehead atoms. The summed E-state index contributed by atoms with van der Waals surface area (Å²) >= 11 is 0.970. The van der Waals surface area contributed by atoms with Gasteiger partial charge in [0.2, 0.25) is 0 Å². The van der Waals surface area contributed by atoms with Gasteiger partial charge >= 0.3 is 5.97 Å². The third kappa shape index (κ3) is 4.16. The summed E-state index contributed by atoms with van der Waals surface area (Å²) in [5.74, 6) is -0.345. The topological polar surface area (TPSA) is 122 Å². The Hall–Kier alpha value is -3.16. The van der Waals surface area contributed by atoms with Crippen LogP contribution in [0, 0.1) is 11.3 Å². The lowest BCUT2D eigenvalue weighted by atomic mass is 10.2. The van der Waals surface area contributed by atoms with Crippen LogP contribution in [0.2, 0.25) is 0 Å². The Morgan fingerprint density at radius 2 is 2.04 bits per heavy atom. The Kier molecular flexibility index (Phi) is 5.25. The molecule has 0 aliphatic rings. The largest absolute Gasteiger partial charge is 0.461 e. The van der Waals surface area contributed by atoms with Crippen molar-refractivity contribution >= 4 is 33.0 Å². The number of hydrogen-bond acceptors (Lipinski definition) is 8. The molecule has 138 valence electrons. The summed E-state index contributed by atoms with van der Waals surface area (Å²) in [4.78, 5) is 12.1. The van der Waals surface area contributed by atoms with E-state index in [-0.39, 0.29) is 22.3 Å². The molecule has 0 saturated carbocycles. The smallest absolute Gasteiger partial charge is 0.360 e. The molecule has 0 radical (unpaired) electrons. The Balaban J connectivity index is 1.80. The average Bonchev–Trinajstić information content (AvgIpc) is 3.32. The number of carbonyl (C=O) groups excluding carboxylic acids is 1. The number of sulfonamides is 1. The minimum Gasteiger partial charge on any atom is -0.461 e. The molecule has 0 spiro atoms. The van der Waals surface area contributed by atoms with Crippen LogP contribution in [0.15, 0.2) is 51.2 Å². The number of benzene rings is 1. The van der Waals surface area contributed by atoms with Gasteiger partial charge in [-0.05, 0) is 43.3 Å². The third-order valence-electron chi connectivity index (χ3n) is 3.35. The highest BCUT2D eigenvalue weighted by molar-refractivity contribution is 7.94. The molecule has 10 heteroatoms. The number of rotatable bonds is 6. The average molecular weight is 403 g/mol. The number of nitrogens with zero attached hydrogens (tertiary/aromatic N) is 2. The van der Waals surface area contributed by atoms with E-state index in [4.69, 9.17) is 14.5 Å². The lowest BCUT2D eigenvalue weighted by molar-refractivity contribution is 0.0514. The highest BCUT2D eigenvalue weighted by Crippen LogP contribution is 2.32. The maximum absolute atomic E-state index is 12.5. The second-order valence-electron chi connectivity index (χ2n) is 5.21. The van der Waals surface area contributed by atoms with E-state index in [1.54, 1.807) is 13.0 Å². The quantitative estimate of drug-likeness (QED) is 0.627. The number of ether oxygens (including phenoxy) is 1. The van der Waals surface area contributed by atoms with Crippen LogP contribution in [0.5, 0.6) is 0 Å². The fourth-order valence-corrected chi connectivity index (χ4v) is 4.42. The maximum atomic E-state index is 12.5. The summed E-state index contributed by atoms with van der Waals surface area (Å²) in [5.41, 5.74) is 0.785. The predicted molar refractivity (Wildman–Crippen MR) is 97.7 cm³/mol. The Labute approximate surface area is 159 Å². The Morgan fingerprint density at radius 1 is 1.30 bits per heavy atom. The van der Waals surface area contributed by atoms with Crippen LogP contribution in [-0.4, -0.2) is 26.2 Å². The first-order chi connectivity index (χ1) is 12.9. The summed E-state index contributed by atoms with van der Waals surface area (Å²) in [6, 6.07) is 12.4. The van der Waals surface area contributed by atoms with Gasteiger partial charge in [0, 0.05) is 11.8 Å². The Bertz CT molecular complexity index is 1110. The van der Waals surface area contributed by atoms with Gasteiger partial charge in [-0.3, -0.25) is 4.72 Å². The minimum atomic E-state index is -3.81. The van der Waals surface area contributed by atoms with Gasteiger partial charge in [0.05, 0.1) is 23.1 Å². The van der Waals surface area contributed by atoms with Crippen LogP contribution in [-0.2, 0) is 14.8 Å². The summed E-state index contributed by atoms with van der Waals surface area (Å²) in [6.07, 6.45) is 0. The molecule has 8 nitrogen and oxygen atoms in total. The van der Waals surface area contributed by atoms with Crippen molar-refractivity contribution in [1.29, 1.82) is 5.26 Å². The van der Waals surface area contributed by atoms with Gasteiger partial charge in [0.1, 0.15) is 4.21 Å². The van der Waals surface area contributed by atoms with Crippen molar-refractivity contribution in [1.82, 2.24) is 5.16 Å². The molecular weight excluding hydrogens is 390 g/mol. The summed E-state index contributed by atoms with van der Waals surface area (Å²) < 4.78 is 37.5. The van der Waals surface area contributed by atoms with Crippen molar-refractivity contribution < 1.29 is 22.5 Å². The molecule has 1 aromatic carbocycles. The van der Waals surface area contributed by atoms with E-state index >= 15 is 0 Å². The number of thiophene rings is 1. The second kappa shape index (κ2) is 7.61. The molecule has 2 aromatic heterocycles. The zero-order chi connectivity index (χ0) is 19.4. The van der Waals surface area contributed by atoms with E-state index in [9.17, 15) is 13.2 Å². The summed E-state index contributed by atoms with van der Waals surface area (Å²) in [6.45, 7) is 1.89. The molecule has 0 unspecified atom stereocenters. The number of esters is 1. The molecule has 0 amide bonds. The number of aromatic nitrogens is 1. The van der Waals surface area contributed by atoms with E-state index in [0.717, 1.165) is 11.3 Å². The van der Waals surface area contributed by atoms with Crippen molar-refractivity contribution in [2.45, 2.75) is 11.1 Å². The zero-order valence-electron chi connectivity index (χ0n) is 14.0. The highest BCUT2D eigenvalue weighted by atomic mass is 32.2. The minimum absolute atomic E-state index is 0.0142. The van der Waals surface area contributed by atoms with Crippen LogP contribution in [0.25, 0.3) is 10.6 Å². The predicted octanol–water partition coefficient (Wildman–Crippen LogP) is 3.25. The molecule has 0 saturated heterocycles. The number of anilines is 1. The molecule has 0 aliphatic carbocycles. The van der Waals surface area contributed by atoms with Gasteiger partial charge in [-0.2, -0.15) is 5.26 Å². The summed E-state index contributed by atoms with van der Waals surface area (Å²) in [7, 11) is -3.81. The molecule has 0 atom stereocenters. The van der Waals surface area contributed by atoms with Crippen molar-refractivity contribution in [3.8, 4) is 16.7 Å². The van der Waals surface area contributed by atoms with E-state index in [2.05, 4.69) is 9.88 Å². The lowest BCUT2D eigenvalue weighted by Gasteiger charge is -2.05. The fraction of sp³-hybridized carbons (Fsp3) is 0.118. The number of carbonyl (C=O) groups is 1. The number of nitrogens with one attached hydrogen (secondary N) is 1. The Morgan fingerprint density at radius 3 is 2.70 bits per heavy atom. The van der Waals surface area contributed by atoms with E-state index in [1.807, 2.05) is 6.07 Å². The van der Waals surface area contributed by atoms with Crippen LogP contribution in [0.4, 0.5) is 5.69 Å². The first-order valence-electron chi connectivity index (χ1n) is 7.70. The van der Waals surface area contributed by atoms with Gasteiger partial charge in [-0.25, -0.2) is 13.2 Å². The molecule has 2 heterocycles. The monoisotopic (exact) mass is 403 g/mol. The van der Waals surface area contributed by atoms with Crippen molar-refractivity contribution in [2.24, 2.45) is 0 Å². The normalized spacial score (nSPS) is 11.0. The standard InChI is InChI=1S/C17H13N3O5S2/c1-2-24-17(21)13-9-14(25-19-13)15-7-8-16(26-15)27(22,23)20-12-5-3-11(10-18)4-6-12/h3-9,20H,2H2,1H3. The SMILES string of the molecule is CCOC(=O)c1cc(-c2ccc(S(=O)(=O)Nc3ccc(C#N)cc3)s2)on1. The van der Waals surface area contributed by atoms with E-state index < -0.39 is 16.0 Å². The molecule has 0 fully saturated rings. The van der Waals surface area contributed by atoms with Crippen LogP contribution in [0.3, 0.4) is 0 Å². The third-order valence-corrected chi connectivity index (χ3v) is 6.32. The van der Waals surface area contributed by atoms with Gasteiger partial charge < -0.3 is 9.26 Å². The second-order valence-corrected chi connectivity index (χ2v) is 8.20. The maximum Gasteiger partial charge on any atom is 0.360 e. The number of hydrogen-bond donors (Lipinski definition) is 1. The summed E-state index contributed by atoms with van der Waals surface area (Å²) in [5, 5.41) is 12.4. The van der Waals surface area contributed by atoms with Crippen molar-refractivity contribution in [3.05, 3.63) is 53.7 Å². The van der Waals surface area contributed by atoms with Crippen LogP contribution < -0.4 is 4.72 Å². The molecular formula is C17H13N3O5S2. The number of nitriles is 1. The zero-order valence-corrected chi connectivity index (χ0v) is 15.6. The van der Waals surface area contributed by atoms with Crippen molar-refractivity contribution in [2.75, 3.05) is 11.3 Å². The first kappa shape index (κ1) is 18.6. The molecule has 0 aliphatic heterocycles. The van der Waals surface area contributed by atoms with E-state index in [1.165, 1.54) is 36.4 Å². The fourth-order valence-electron chi connectivity index (χ4n) is 2.11. The van der Waals surface area contributed by atoms with Crippen LogP contribution >= 0.6 is 11.3 Å².